The van der Waals surface area contributed by atoms with Crippen molar-refractivity contribution in [1.29, 1.82) is 0 Å². The topological polar surface area (TPSA) is 64.1 Å². The Morgan fingerprint density at radius 2 is 1.96 bits per heavy atom. The third kappa shape index (κ3) is 11.2. The first-order valence-corrected chi connectivity index (χ1v) is 8.82. The van der Waals surface area contributed by atoms with Crippen LogP contribution in [0.15, 0.2) is 23.2 Å². The van der Waals surface area contributed by atoms with Crippen LogP contribution in [-0.4, -0.2) is 46.0 Å². The highest BCUT2D eigenvalue weighted by Crippen LogP contribution is 2.26. The number of methoxy groups -OCH3 is 1. The summed E-state index contributed by atoms with van der Waals surface area (Å²) in [5.74, 6) is 1.28. The summed E-state index contributed by atoms with van der Waals surface area (Å²) in [5, 5.41) is 6.35. The van der Waals surface area contributed by atoms with E-state index in [0.717, 1.165) is 32.6 Å². The van der Waals surface area contributed by atoms with Crippen LogP contribution in [0.1, 0.15) is 32.3 Å². The molecule has 0 aliphatic carbocycles. The Bertz CT molecular complexity index is 549. The standard InChI is InChI=1S/C18H29F2N3O3.HI/c1-4-21-18(22-10-6-7-11-25-5-2)23-13-14-12-15(24-3)8-9-16(14)26-17(19)20;/h8-9,12,17H,4-7,10-11,13H2,1-3H3,(H2,21,22,23);1H. The van der Waals surface area contributed by atoms with Crippen LogP contribution in [0, 0.1) is 0 Å². The number of benzene rings is 1. The first-order valence-electron chi connectivity index (χ1n) is 8.82. The van der Waals surface area contributed by atoms with Crippen LogP contribution in [0.25, 0.3) is 0 Å². The van der Waals surface area contributed by atoms with E-state index >= 15 is 0 Å². The minimum atomic E-state index is -2.89. The number of rotatable bonds is 12. The van der Waals surface area contributed by atoms with Gasteiger partial charge in [0.1, 0.15) is 11.5 Å². The van der Waals surface area contributed by atoms with Crippen molar-refractivity contribution in [3.63, 3.8) is 0 Å². The second-order valence-electron chi connectivity index (χ2n) is 5.38. The van der Waals surface area contributed by atoms with Gasteiger partial charge >= 0.3 is 6.61 Å². The second kappa shape index (κ2) is 15.7. The Kier molecular flexibility index (Phi) is 14.9. The minimum absolute atomic E-state index is 0. The summed E-state index contributed by atoms with van der Waals surface area (Å²) >= 11 is 0. The third-order valence-electron chi connectivity index (χ3n) is 3.45. The molecule has 0 amide bonds. The molecule has 9 heteroatoms. The van der Waals surface area contributed by atoms with Crippen molar-refractivity contribution in [2.24, 2.45) is 4.99 Å². The molecule has 0 saturated carbocycles. The molecule has 0 spiro atoms. The fourth-order valence-corrected chi connectivity index (χ4v) is 2.20. The van der Waals surface area contributed by atoms with Crippen molar-refractivity contribution in [3.8, 4) is 11.5 Å². The zero-order valence-corrected chi connectivity index (χ0v) is 18.4. The second-order valence-corrected chi connectivity index (χ2v) is 5.38. The summed E-state index contributed by atoms with van der Waals surface area (Å²) in [6, 6.07) is 4.68. The molecule has 2 N–H and O–H groups in total. The summed E-state index contributed by atoms with van der Waals surface area (Å²) in [5.41, 5.74) is 0.526. The summed E-state index contributed by atoms with van der Waals surface area (Å²) in [4.78, 5) is 4.44. The van der Waals surface area contributed by atoms with Crippen LogP contribution in [0.4, 0.5) is 8.78 Å². The molecular weight excluding hydrogens is 471 g/mol. The fourth-order valence-electron chi connectivity index (χ4n) is 2.20. The number of nitrogens with one attached hydrogen (secondary N) is 2. The molecule has 1 aromatic rings. The maximum atomic E-state index is 12.6. The number of hydrogen-bond acceptors (Lipinski definition) is 4. The van der Waals surface area contributed by atoms with Gasteiger partial charge in [0.2, 0.25) is 0 Å². The molecule has 6 nitrogen and oxygen atoms in total. The molecule has 0 aliphatic heterocycles. The van der Waals surface area contributed by atoms with Gasteiger partial charge in [-0.25, -0.2) is 4.99 Å². The molecule has 0 radical (unpaired) electrons. The molecular formula is C18H30F2IN3O3. The first kappa shape index (κ1) is 25.6. The van der Waals surface area contributed by atoms with E-state index in [-0.39, 0.29) is 36.3 Å². The van der Waals surface area contributed by atoms with Gasteiger partial charge in [-0.2, -0.15) is 8.78 Å². The van der Waals surface area contributed by atoms with Gasteiger partial charge in [-0.3, -0.25) is 0 Å². The first-order chi connectivity index (χ1) is 12.6. The average Bonchev–Trinajstić information content (AvgIpc) is 2.63. The Hall–Kier alpha value is -1.36. The predicted octanol–water partition coefficient (Wildman–Crippen LogP) is 3.79. The van der Waals surface area contributed by atoms with Crippen LogP contribution < -0.4 is 20.1 Å². The number of unbranched alkanes of at least 4 members (excludes halogenated alkanes) is 1. The van der Waals surface area contributed by atoms with Gasteiger partial charge in [0, 0.05) is 31.9 Å². The monoisotopic (exact) mass is 501 g/mol. The molecule has 1 rings (SSSR count). The van der Waals surface area contributed by atoms with Crippen molar-refractivity contribution in [1.82, 2.24) is 10.6 Å². The summed E-state index contributed by atoms with van der Waals surface area (Å²) < 4.78 is 40.2. The van der Waals surface area contributed by atoms with Gasteiger partial charge in [-0.1, -0.05) is 0 Å². The molecule has 0 bridgehead atoms. The van der Waals surface area contributed by atoms with Gasteiger partial charge in [0.25, 0.3) is 0 Å². The van der Waals surface area contributed by atoms with Crippen LogP contribution in [0.2, 0.25) is 0 Å². The number of guanidine groups is 1. The van der Waals surface area contributed by atoms with Crippen molar-refractivity contribution >= 4 is 29.9 Å². The number of hydrogen-bond donors (Lipinski definition) is 2. The van der Waals surface area contributed by atoms with Crippen molar-refractivity contribution < 1.29 is 23.0 Å². The molecule has 0 fully saturated rings. The minimum Gasteiger partial charge on any atom is -0.497 e. The van der Waals surface area contributed by atoms with Crippen LogP contribution in [-0.2, 0) is 11.3 Å². The maximum absolute atomic E-state index is 12.6. The number of aliphatic imine (C=N–C) groups is 1. The van der Waals surface area contributed by atoms with Crippen LogP contribution in [0.5, 0.6) is 11.5 Å². The van der Waals surface area contributed by atoms with Gasteiger partial charge in [-0.15, -0.1) is 24.0 Å². The van der Waals surface area contributed by atoms with Crippen LogP contribution in [0.3, 0.4) is 0 Å². The molecule has 0 aliphatic rings. The normalized spacial score (nSPS) is 11.1. The lowest BCUT2D eigenvalue weighted by molar-refractivity contribution is -0.0504. The molecule has 0 aromatic heterocycles. The molecule has 27 heavy (non-hydrogen) atoms. The number of alkyl halides is 2. The Morgan fingerprint density at radius 3 is 2.59 bits per heavy atom. The largest absolute Gasteiger partial charge is 0.497 e. The molecule has 0 unspecified atom stereocenters. The van der Waals surface area contributed by atoms with E-state index in [1.54, 1.807) is 12.1 Å². The number of ether oxygens (including phenoxy) is 3. The number of nitrogens with zero attached hydrogens (tertiary/aromatic N) is 1. The Labute approximate surface area is 177 Å². The lowest BCUT2D eigenvalue weighted by Gasteiger charge is -2.13. The molecule has 1 aromatic carbocycles. The summed E-state index contributed by atoms with van der Waals surface area (Å²) in [7, 11) is 1.52. The van der Waals surface area contributed by atoms with Crippen molar-refractivity contribution in [2.75, 3.05) is 33.4 Å². The van der Waals surface area contributed by atoms with Gasteiger partial charge in [0.05, 0.1) is 13.7 Å². The van der Waals surface area contributed by atoms with Gasteiger partial charge < -0.3 is 24.8 Å². The molecule has 0 heterocycles. The van der Waals surface area contributed by atoms with E-state index in [2.05, 4.69) is 20.4 Å². The third-order valence-corrected chi connectivity index (χ3v) is 3.45. The molecule has 0 saturated heterocycles. The average molecular weight is 501 g/mol. The van der Waals surface area contributed by atoms with E-state index in [4.69, 9.17) is 9.47 Å². The SMILES string of the molecule is CCNC(=NCc1cc(OC)ccc1OC(F)F)NCCCCOCC.I. The van der Waals surface area contributed by atoms with E-state index in [1.807, 2.05) is 13.8 Å². The van der Waals surface area contributed by atoms with Crippen LogP contribution >= 0.6 is 24.0 Å². The van der Waals surface area contributed by atoms with E-state index in [1.165, 1.54) is 13.2 Å². The zero-order valence-electron chi connectivity index (χ0n) is 16.1. The van der Waals surface area contributed by atoms with Crippen molar-refractivity contribution in [3.05, 3.63) is 23.8 Å². The fraction of sp³-hybridized carbons (Fsp3) is 0.611. The molecule has 156 valence electrons. The Morgan fingerprint density at radius 1 is 1.19 bits per heavy atom. The van der Waals surface area contributed by atoms with Gasteiger partial charge in [-0.05, 0) is 44.9 Å². The lowest BCUT2D eigenvalue weighted by atomic mass is 10.2. The van der Waals surface area contributed by atoms with E-state index in [0.29, 0.717) is 23.8 Å². The maximum Gasteiger partial charge on any atom is 0.387 e. The number of halogens is 3. The summed E-state index contributed by atoms with van der Waals surface area (Å²) in [6.45, 7) is 4.14. The molecule has 0 atom stereocenters. The van der Waals surface area contributed by atoms with E-state index in [9.17, 15) is 8.78 Å². The summed E-state index contributed by atoms with van der Waals surface area (Å²) in [6.07, 6.45) is 1.91. The highest BCUT2D eigenvalue weighted by Gasteiger charge is 2.11. The van der Waals surface area contributed by atoms with Gasteiger partial charge in [0.15, 0.2) is 5.96 Å². The Balaban J connectivity index is 0.00000676. The smallest absolute Gasteiger partial charge is 0.387 e. The zero-order chi connectivity index (χ0) is 19.2. The lowest BCUT2D eigenvalue weighted by Crippen LogP contribution is -2.37. The van der Waals surface area contributed by atoms with Crippen molar-refractivity contribution in [2.45, 2.75) is 39.8 Å². The van der Waals surface area contributed by atoms with E-state index < -0.39 is 6.61 Å². The quantitative estimate of drug-likeness (QED) is 0.198. The highest BCUT2D eigenvalue weighted by molar-refractivity contribution is 14.0. The highest BCUT2D eigenvalue weighted by atomic mass is 127. The predicted molar refractivity (Wildman–Crippen MR) is 114 cm³/mol.